The number of nitrogens with zero attached hydrogens (tertiary/aromatic N) is 1. The summed E-state index contributed by atoms with van der Waals surface area (Å²) in [6.07, 6.45) is 3.98. The van der Waals surface area contributed by atoms with Crippen molar-refractivity contribution in [3.8, 4) is 0 Å². The fraction of sp³-hybridized carbons (Fsp3) is 0.476. The molecule has 0 bridgehead atoms. The molecule has 1 aliphatic rings. The van der Waals surface area contributed by atoms with E-state index in [1.54, 1.807) is 6.26 Å². The molecular formula is C21H29N3O3. The average molecular weight is 371 g/mol. The van der Waals surface area contributed by atoms with E-state index in [0.29, 0.717) is 25.8 Å². The predicted octanol–water partition coefficient (Wildman–Crippen LogP) is 3.23. The lowest BCUT2D eigenvalue weighted by Crippen LogP contribution is -2.36. The number of hydrogen-bond donors (Lipinski definition) is 2. The van der Waals surface area contributed by atoms with Gasteiger partial charge in [0.1, 0.15) is 5.76 Å². The van der Waals surface area contributed by atoms with E-state index in [1.165, 1.54) is 11.1 Å². The second-order valence-electron chi connectivity index (χ2n) is 6.57. The largest absolute Gasteiger partial charge is 0.467 e. The molecule has 1 aromatic carbocycles. The quantitative estimate of drug-likeness (QED) is 0.551. The molecule has 3 rings (SSSR count). The molecule has 146 valence electrons. The van der Waals surface area contributed by atoms with E-state index in [2.05, 4.69) is 46.8 Å². The van der Waals surface area contributed by atoms with Crippen LogP contribution >= 0.6 is 0 Å². The Hall–Kier alpha value is -2.31. The maximum absolute atomic E-state index is 5.97. The molecule has 2 aromatic rings. The van der Waals surface area contributed by atoms with Gasteiger partial charge < -0.3 is 24.5 Å². The summed E-state index contributed by atoms with van der Waals surface area (Å²) >= 11 is 0. The van der Waals surface area contributed by atoms with Crippen molar-refractivity contribution in [3.63, 3.8) is 0 Å². The summed E-state index contributed by atoms with van der Waals surface area (Å²) in [4.78, 5) is 4.64. The summed E-state index contributed by atoms with van der Waals surface area (Å²) in [5.41, 5.74) is 2.36. The molecule has 0 amide bonds. The molecule has 0 aliphatic carbocycles. The first-order chi connectivity index (χ1) is 13.3. The maximum Gasteiger partial charge on any atom is 0.191 e. The number of guanidine groups is 1. The monoisotopic (exact) mass is 371 g/mol. The highest BCUT2D eigenvalue weighted by atomic mass is 16.5. The zero-order chi connectivity index (χ0) is 18.7. The van der Waals surface area contributed by atoms with Gasteiger partial charge in [-0.3, -0.25) is 0 Å². The molecule has 27 heavy (non-hydrogen) atoms. The minimum atomic E-state index is 0.325. The minimum absolute atomic E-state index is 0.325. The first-order valence-corrected chi connectivity index (χ1v) is 9.65. The summed E-state index contributed by atoms with van der Waals surface area (Å²) in [7, 11) is 0. The second-order valence-corrected chi connectivity index (χ2v) is 6.57. The zero-order valence-corrected chi connectivity index (χ0v) is 15.9. The second kappa shape index (κ2) is 10.7. The number of hydrogen-bond acceptors (Lipinski definition) is 4. The summed E-state index contributed by atoms with van der Waals surface area (Å²) in [6, 6.07) is 12.3. The molecule has 0 spiro atoms. The molecule has 0 unspecified atom stereocenters. The lowest BCUT2D eigenvalue weighted by atomic mass is 10.1. The third-order valence-corrected chi connectivity index (χ3v) is 4.45. The zero-order valence-electron chi connectivity index (χ0n) is 15.9. The van der Waals surface area contributed by atoms with Crippen LogP contribution in [0.2, 0.25) is 0 Å². The Kier molecular flexibility index (Phi) is 7.74. The van der Waals surface area contributed by atoms with Crippen molar-refractivity contribution in [1.82, 2.24) is 10.6 Å². The number of nitrogens with one attached hydrogen (secondary N) is 2. The van der Waals surface area contributed by atoms with Crippen molar-refractivity contribution in [3.05, 3.63) is 59.5 Å². The van der Waals surface area contributed by atoms with E-state index in [0.717, 1.165) is 44.3 Å². The normalized spacial score (nSPS) is 15.7. The first-order valence-electron chi connectivity index (χ1n) is 9.65. The van der Waals surface area contributed by atoms with Gasteiger partial charge in [0, 0.05) is 19.8 Å². The van der Waals surface area contributed by atoms with Crippen LogP contribution in [0.1, 0.15) is 36.7 Å². The number of benzene rings is 1. The Labute approximate surface area is 161 Å². The van der Waals surface area contributed by atoms with Crippen molar-refractivity contribution in [2.45, 2.75) is 45.6 Å². The van der Waals surface area contributed by atoms with Gasteiger partial charge in [-0.25, -0.2) is 4.99 Å². The van der Waals surface area contributed by atoms with Crippen molar-refractivity contribution in [2.75, 3.05) is 19.8 Å². The smallest absolute Gasteiger partial charge is 0.191 e. The van der Waals surface area contributed by atoms with Crippen LogP contribution in [0, 0.1) is 0 Å². The number of aliphatic imine (C=N–C) groups is 1. The van der Waals surface area contributed by atoms with E-state index < -0.39 is 0 Å². The highest BCUT2D eigenvalue weighted by molar-refractivity contribution is 5.79. The SMILES string of the molecule is CCNC(=NCc1ccc(COC2CCOCC2)cc1)NCc1ccco1. The van der Waals surface area contributed by atoms with E-state index in [9.17, 15) is 0 Å². The van der Waals surface area contributed by atoms with Crippen LogP contribution in [0.3, 0.4) is 0 Å². The Bertz CT molecular complexity index is 677. The molecule has 0 saturated carbocycles. The Morgan fingerprint density at radius 1 is 1.11 bits per heavy atom. The topological polar surface area (TPSA) is 68.0 Å². The van der Waals surface area contributed by atoms with Crippen LogP contribution in [0.4, 0.5) is 0 Å². The molecule has 2 N–H and O–H groups in total. The van der Waals surface area contributed by atoms with Crippen LogP contribution in [0.15, 0.2) is 52.1 Å². The molecule has 1 aromatic heterocycles. The van der Waals surface area contributed by atoms with Crippen LogP contribution in [0.5, 0.6) is 0 Å². The Morgan fingerprint density at radius 2 is 1.89 bits per heavy atom. The van der Waals surface area contributed by atoms with Gasteiger partial charge in [-0.2, -0.15) is 0 Å². The van der Waals surface area contributed by atoms with Gasteiger partial charge >= 0.3 is 0 Å². The lowest BCUT2D eigenvalue weighted by Gasteiger charge is -2.22. The summed E-state index contributed by atoms with van der Waals surface area (Å²) in [5, 5.41) is 6.53. The van der Waals surface area contributed by atoms with Gasteiger partial charge in [0.2, 0.25) is 0 Å². The van der Waals surface area contributed by atoms with E-state index >= 15 is 0 Å². The van der Waals surface area contributed by atoms with Crippen LogP contribution < -0.4 is 10.6 Å². The highest BCUT2D eigenvalue weighted by Crippen LogP contribution is 2.14. The number of ether oxygens (including phenoxy) is 2. The van der Waals surface area contributed by atoms with Crippen LogP contribution in [0.25, 0.3) is 0 Å². The van der Waals surface area contributed by atoms with Gasteiger partial charge in [-0.05, 0) is 43.0 Å². The molecule has 0 radical (unpaired) electrons. The van der Waals surface area contributed by atoms with Crippen molar-refractivity contribution < 1.29 is 13.9 Å². The average Bonchev–Trinajstić information content (AvgIpc) is 3.24. The molecule has 6 nitrogen and oxygen atoms in total. The van der Waals surface area contributed by atoms with E-state index in [4.69, 9.17) is 13.9 Å². The third-order valence-electron chi connectivity index (χ3n) is 4.45. The Balaban J connectivity index is 1.47. The number of rotatable bonds is 8. The predicted molar refractivity (Wildman–Crippen MR) is 105 cm³/mol. The lowest BCUT2D eigenvalue weighted by molar-refractivity contribution is -0.0390. The minimum Gasteiger partial charge on any atom is -0.467 e. The van der Waals surface area contributed by atoms with Crippen LogP contribution in [-0.2, 0) is 29.2 Å². The van der Waals surface area contributed by atoms with Gasteiger partial charge in [0.15, 0.2) is 5.96 Å². The molecule has 1 fully saturated rings. The van der Waals surface area contributed by atoms with Crippen molar-refractivity contribution >= 4 is 5.96 Å². The van der Waals surface area contributed by atoms with Crippen LogP contribution in [-0.4, -0.2) is 31.8 Å². The molecular weight excluding hydrogens is 342 g/mol. The summed E-state index contributed by atoms with van der Waals surface area (Å²) < 4.78 is 16.7. The first kappa shape index (κ1) is 19.5. The molecule has 1 aliphatic heterocycles. The van der Waals surface area contributed by atoms with E-state index in [1.807, 2.05) is 12.1 Å². The molecule has 1 saturated heterocycles. The molecule has 2 heterocycles. The fourth-order valence-electron chi connectivity index (χ4n) is 2.89. The van der Waals surface area contributed by atoms with E-state index in [-0.39, 0.29) is 0 Å². The van der Waals surface area contributed by atoms with Gasteiger partial charge in [0.25, 0.3) is 0 Å². The van der Waals surface area contributed by atoms with Gasteiger partial charge in [0.05, 0.1) is 32.1 Å². The van der Waals surface area contributed by atoms with Gasteiger partial charge in [-0.15, -0.1) is 0 Å². The number of furan rings is 1. The van der Waals surface area contributed by atoms with Crippen molar-refractivity contribution in [2.24, 2.45) is 4.99 Å². The highest BCUT2D eigenvalue weighted by Gasteiger charge is 2.13. The molecule has 0 atom stereocenters. The third kappa shape index (κ3) is 6.73. The summed E-state index contributed by atoms with van der Waals surface area (Å²) in [5.74, 6) is 1.66. The molecule has 6 heteroatoms. The fourth-order valence-corrected chi connectivity index (χ4v) is 2.89. The Morgan fingerprint density at radius 3 is 2.59 bits per heavy atom. The summed E-state index contributed by atoms with van der Waals surface area (Å²) in [6.45, 7) is 6.37. The maximum atomic E-state index is 5.97. The van der Waals surface area contributed by atoms with Crippen molar-refractivity contribution in [1.29, 1.82) is 0 Å². The van der Waals surface area contributed by atoms with Gasteiger partial charge in [-0.1, -0.05) is 24.3 Å². The standard InChI is InChI=1S/C21H29N3O3/c1-2-22-21(24-15-20-4-3-11-26-20)23-14-17-5-7-18(8-6-17)16-27-19-9-12-25-13-10-19/h3-8,11,19H,2,9-10,12-16H2,1H3,(H2,22,23,24).